The minimum Gasteiger partial charge on any atom is -0.349 e. The Hall–Kier alpha value is -0.620. The maximum absolute atomic E-state index is 12.9. The van der Waals surface area contributed by atoms with Crippen LogP contribution in [0.4, 0.5) is 0 Å². The molecule has 0 aromatic rings. The number of hydrogen-bond donors (Lipinski definition) is 5. The molecular weight excluding hydrogens is 530 g/mol. The molecular formula is C26H45Cl2N6O2P. The Labute approximate surface area is 233 Å². The highest BCUT2D eigenvalue weighted by Crippen LogP contribution is 2.49. The summed E-state index contributed by atoms with van der Waals surface area (Å²) in [7, 11) is 1.74. The van der Waals surface area contributed by atoms with Gasteiger partial charge in [-0.25, -0.2) is 0 Å². The van der Waals surface area contributed by atoms with Crippen LogP contribution < -0.4 is 26.6 Å². The predicted molar refractivity (Wildman–Crippen MR) is 155 cm³/mol. The highest BCUT2D eigenvalue weighted by atomic mass is 35.5. The number of carbonyl (C=O) groups excluding carboxylic acids is 1. The number of alkyl halides is 2. The van der Waals surface area contributed by atoms with Crippen LogP contribution >= 0.6 is 30.3 Å². The van der Waals surface area contributed by atoms with Gasteiger partial charge in [-0.1, -0.05) is 31.3 Å². The normalized spacial score (nSPS) is 36.9. The molecule has 9 unspecified atom stereocenters. The van der Waals surface area contributed by atoms with Crippen molar-refractivity contribution in [3.8, 4) is 11.8 Å². The van der Waals surface area contributed by atoms with Crippen molar-refractivity contribution in [2.24, 2.45) is 5.92 Å². The number of nitrogens with zero attached hydrogens (tertiary/aromatic N) is 1. The van der Waals surface area contributed by atoms with E-state index in [9.17, 15) is 9.36 Å². The van der Waals surface area contributed by atoms with E-state index in [4.69, 9.17) is 23.2 Å². The first kappa shape index (κ1) is 30.9. The Kier molecular flexibility index (Phi) is 11.8. The predicted octanol–water partition coefficient (Wildman–Crippen LogP) is 2.13. The third-order valence-electron chi connectivity index (χ3n) is 7.63. The van der Waals surface area contributed by atoms with E-state index in [0.29, 0.717) is 25.9 Å². The first-order valence-corrected chi connectivity index (χ1v) is 16.9. The third-order valence-corrected chi connectivity index (χ3v) is 10.7. The van der Waals surface area contributed by atoms with Crippen molar-refractivity contribution < 1.29 is 9.36 Å². The molecule has 1 aliphatic heterocycles. The molecule has 0 spiro atoms. The van der Waals surface area contributed by atoms with E-state index in [1.54, 1.807) is 0 Å². The van der Waals surface area contributed by atoms with Crippen LogP contribution in [0.1, 0.15) is 38.5 Å². The van der Waals surface area contributed by atoms with Crippen LogP contribution in [0.2, 0.25) is 0 Å². The Balaban J connectivity index is 1.64. The van der Waals surface area contributed by atoms with Crippen LogP contribution in [0.3, 0.4) is 0 Å². The van der Waals surface area contributed by atoms with Gasteiger partial charge in [-0.15, -0.1) is 23.2 Å². The minimum absolute atomic E-state index is 0.0275. The van der Waals surface area contributed by atoms with Gasteiger partial charge in [0.15, 0.2) is 0 Å². The monoisotopic (exact) mass is 574 g/mol. The van der Waals surface area contributed by atoms with Crippen LogP contribution in [0, 0.1) is 17.8 Å². The lowest BCUT2D eigenvalue weighted by atomic mass is 9.81. The van der Waals surface area contributed by atoms with Gasteiger partial charge in [0.1, 0.15) is 6.29 Å². The Morgan fingerprint density at radius 2 is 1.84 bits per heavy atom. The molecule has 3 rings (SSSR count). The van der Waals surface area contributed by atoms with Crippen molar-refractivity contribution in [1.82, 2.24) is 31.5 Å². The lowest BCUT2D eigenvalue weighted by Crippen LogP contribution is -2.72. The molecule has 5 N–H and O–H groups in total. The molecule has 0 radical (unpaired) electrons. The fraction of sp³-hybridized carbons (Fsp3) is 0.808. The molecule has 11 heteroatoms. The van der Waals surface area contributed by atoms with Crippen LogP contribution in [0.5, 0.6) is 0 Å². The van der Waals surface area contributed by atoms with Gasteiger partial charge >= 0.3 is 0 Å². The summed E-state index contributed by atoms with van der Waals surface area (Å²) in [5, 5.41) is 17.1. The zero-order chi connectivity index (χ0) is 27.2. The second kappa shape index (κ2) is 14.1. The Morgan fingerprint density at radius 3 is 2.51 bits per heavy atom. The average Bonchev–Trinajstić information content (AvgIpc) is 2.83. The topological polar surface area (TPSA) is 97.5 Å². The first-order chi connectivity index (χ1) is 17.5. The zero-order valence-electron chi connectivity index (χ0n) is 22.6. The summed E-state index contributed by atoms with van der Waals surface area (Å²) >= 11 is 13.6. The smallest absolute Gasteiger partial charge is 0.243 e. The molecule has 2 aliphatic carbocycles. The van der Waals surface area contributed by atoms with Gasteiger partial charge in [0.25, 0.3) is 0 Å². The molecule has 9 atom stereocenters. The van der Waals surface area contributed by atoms with Gasteiger partial charge in [0.05, 0.1) is 30.6 Å². The van der Waals surface area contributed by atoms with Crippen LogP contribution in [0.25, 0.3) is 0 Å². The van der Waals surface area contributed by atoms with Crippen molar-refractivity contribution in [2.75, 3.05) is 40.5 Å². The van der Waals surface area contributed by atoms with Crippen molar-refractivity contribution in [3.63, 3.8) is 0 Å². The number of halogens is 2. The molecule has 2 saturated carbocycles. The van der Waals surface area contributed by atoms with Crippen molar-refractivity contribution in [3.05, 3.63) is 12.7 Å². The number of hydrogen-bond acceptors (Lipinski definition) is 7. The second-order valence-corrected chi connectivity index (χ2v) is 16.0. The van der Waals surface area contributed by atoms with Gasteiger partial charge in [-0.05, 0) is 59.2 Å². The second-order valence-electron chi connectivity index (χ2n) is 11.3. The van der Waals surface area contributed by atoms with Gasteiger partial charge in [-0.2, -0.15) is 0 Å². The largest absolute Gasteiger partial charge is 0.349 e. The molecule has 0 aromatic carbocycles. The quantitative estimate of drug-likeness (QED) is 0.131. The molecule has 3 aliphatic rings. The summed E-state index contributed by atoms with van der Waals surface area (Å²) in [4.78, 5) is 14.2. The van der Waals surface area contributed by atoms with Crippen molar-refractivity contribution in [2.45, 2.75) is 85.5 Å². The van der Waals surface area contributed by atoms with E-state index in [2.05, 4.69) is 45.0 Å². The summed E-state index contributed by atoms with van der Waals surface area (Å²) in [6.07, 6.45) is 6.55. The van der Waals surface area contributed by atoms with E-state index in [-0.39, 0.29) is 58.8 Å². The van der Waals surface area contributed by atoms with Crippen molar-refractivity contribution >= 4 is 36.3 Å². The van der Waals surface area contributed by atoms with E-state index in [0.717, 1.165) is 25.7 Å². The van der Waals surface area contributed by atoms with Gasteiger partial charge < -0.3 is 9.88 Å². The van der Waals surface area contributed by atoms with E-state index in [1.165, 1.54) is 6.08 Å². The zero-order valence-corrected chi connectivity index (χ0v) is 25.0. The lowest BCUT2D eigenvalue weighted by molar-refractivity contribution is -0.117. The molecule has 8 nitrogen and oxygen atoms in total. The van der Waals surface area contributed by atoms with Gasteiger partial charge in [0.2, 0.25) is 5.91 Å². The van der Waals surface area contributed by atoms with E-state index >= 15 is 0 Å². The molecule has 3 fully saturated rings. The minimum atomic E-state index is -2.22. The van der Waals surface area contributed by atoms with E-state index < -0.39 is 7.14 Å². The summed E-state index contributed by atoms with van der Waals surface area (Å²) in [6.45, 7) is 8.67. The maximum atomic E-state index is 12.9. The third kappa shape index (κ3) is 9.22. The summed E-state index contributed by atoms with van der Waals surface area (Å²) in [5.41, 5.74) is 0.179. The molecule has 210 valence electrons. The SMILES string of the molecule is C=CC(=O)NC1CC(NC2NCC(Cl)C(NC3CCCCC3P(C)(C)=O)N2)C(Cl)CC1C#CCN(C)C. The maximum Gasteiger partial charge on any atom is 0.243 e. The summed E-state index contributed by atoms with van der Waals surface area (Å²) in [6, 6.07) is 0.00914. The molecule has 1 amide bonds. The molecule has 1 heterocycles. The highest BCUT2D eigenvalue weighted by Gasteiger charge is 2.40. The average molecular weight is 576 g/mol. The standard InChI is InChI=1S/C26H45Cl2N6O2P/c1-6-24(35)30-21-15-22(18(27)14-17(21)10-9-13-34(2)3)32-26-29-16-19(28)25(33-26)31-20-11-7-8-12-23(20)37(4,5)36/h6,17-23,25-26,29,31-33H,1,7-8,11-16H2,2-5H3,(H,30,35). The first-order valence-electron chi connectivity index (χ1n) is 13.4. The number of carbonyl (C=O) groups is 1. The fourth-order valence-electron chi connectivity index (χ4n) is 5.67. The Morgan fingerprint density at radius 1 is 1.11 bits per heavy atom. The lowest BCUT2D eigenvalue weighted by Gasteiger charge is -2.44. The van der Waals surface area contributed by atoms with Crippen molar-refractivity contribution in [1.29, 1.82) is 0 Å². The van der Waals surface area contributed by atoms with Crippen LogP contribution in [-0.4, -0.2) is 98.3 Å². The van der Waals surface area contributed by atoms with Crippen LogP contribution in [-0.2, 0) is 9.36 Å². The van der Waals surface area contributed by atoms with Crippen LogP contribution in [0.15, 0.2) is 12.7 Å². The van der Waals surface area contributed by atoms with E-state index in [1.807, 2.05) is 32.3 Å². The number of amides is 1. The van der Waals surface area contributed by atoms with Gasteiger partial charge in [0, 0.05) is 36.2 Å². The summed E-state index contributed by atoms with van der Waals surface area (Å²) < 4.78 is 12.9. The summed E-state index contributed by atoms with van der Waals surface area (Å²) in [5.74, 6) is 6.30. The number of rotatable bonds is 8. The molecule has 0 aromatic heterocycles. The number of nitrogens with one attached hydrogen (secondary N) is 5. The highest BCUT2D eigenvalue weighted by molar-refractivity contribution is 7.63. The fourth-order valence-corrected chi connectivity index (χ4v) is 8.18. The molecule has 37 heavy (non-hydrogen) atoms. The molecule has 0 bridgehead atoms. The van der Waals surface area contributed by atoms with Gasteiger partial charge in [-0.3, -0.25) is 31.0 Å². The Bertz CT molecular complexity index is 890. The molecule has 1 saturated heterocycles.